The quantitative estimate of drug-likeness (QED) is 0.541. The lowest BCUT2D eigenvalue weighted by Gasteiger charge is -2.18. The molecule has 6 nitrogen and oxygen atoms in total. The molecule has 2 aromatic heterocycles. The van der Waals surface area contributed by atoms with Gasteiger partial charge in [-0.1, -0.05) is 42.1 Å². The van der Waals surface area contributed by atoms with Crippen LogP contribution in [0.2, 0.25) is 0 Å². The van der Waals surface area contributed by atoms with Crippen molar-refractivity contribution in [2.45, 2.75) is 16.1 Å². The summed E-state index contributed by atoms with van der Waals surface area (Å²) < 4.78 is 3.63. The molecule has 0 fully saturated rings. The summed E-state index contributed by atoms with van der Waals surface area (Å²) in [5, 5.41) is 8.18. The Morgan fingerprint density at radius 1 is 1.00 bits per heavy atom. The van der Waals surface area contributed by atoms with Crippen molar-refractivity contribution in [1.82, 2.24) is 19.3 Å². The topological polar surface area (TPSA) is 64.7 Å². The van der Waals surface area contributed by atoms with Crippen LogP contribution in [-0.2, 0) is 11.8 Å². The molecule has 0 saturated carbocycles. The van der Waals surface area contributed by atoms with Crippen LogP contribution in [0.5, 0.6) is 0 Å². The Balaban J connectivity index is 1.51. The van der Waals surface area contributed by atoms with E-state index in [1.54, 1.807) is 35.0 Å². The van der Waals surface area contributed by atoms with E-state index in [2.05, 4.69) is 15.4 Å². The van der Waals surface area contributed by atoms with Gasteiger partial charge in [-0.05, 0) is 35.9 Å². The highest BCUT2D eigenvalue weighted by Crippen LogP contribution is 2.27. The zero-order chi connectivity index (χ0) is 19.3. The van der Waals surface area contributed by atoms with Crippen LogP contribution in [0.4, 0.5) is 5.69 Å². The molecule has 0 bridgehead atoms. The number of nitrogens with zero attached hydrogens (tertiary/aromatic N) is 4. The van der Waals surface area contributed by atoms with Crippen molar-refractivity contribution in [2.75, 3.05) is 5.32 Å². The number of amides is 1. The number of imidazole rings is 1. The highest BCUT2D eigenvalue weighted by atomic mass is 32.2. The van der Waals surface area contributed by atoms with Crippen molar-refractivity contribution in [3.63, 3.8) is 0 Å². The van der Waals surface area contributed by atoms with Crippen LogP contribution < -0.4 is 5.32 Å². The van der Waals surface area contributed by atoms with E-state index in [0.29, 0.717) is 0 Å². The molecule has 0 aliphatic rings. The van der Waals surface area contributed by atoms with E-state index in [-0.39, 0.29) is 5.91 Å². The molecule has 0 aliphatic heterocycles. The second kappa shape index (κ2) is 8.14. The number of rotatable bonds is 6. The SMILES string of the molecule is Cn1ccnc1Sc1ccc(NC(=O)C(c2ccccc2)n2cccn2)cc1. The molecule has 2 heterocycles. The Morgan fingerprint density at radius 2 is 1.79 bits per heavy atom. The van der Waals surface area contributed by atoms with Crippen LogP contribution in [-0.4, -0.2) is 25.2 Å². The van der Waals surface area contributed by atoms with Crippen molar-refractivity contribution in [2.24, 2.45) is 7.05 Å². The van der Waals surface area contributed by atoms with Gasteiger partial charge in [-0.15, -0.1) is 0 Å². The summed E-state index contributed by atoms with van der Waals surface area (Å²) in [7, 11) is 1.96. The van der Waals surface area contributed by atoms with E-state index < -0.39 is 6.04 Å². The summed E-state index contributed by atoms with van der Waals surface area (Å²) in [6.07, 6.45) is 7.16. The van der Waals surface area contributed by atoms with Crippen molar-refractivity contribution in [3.05, 3.63) is 91.0 Å². The van der Waals surface area contributed by atoms with Crippen molar-refractivity contribution < 1.29 is 4.79 Å². The highest BCUT2D eigenvalue weighted by Gasteiger charge is 2.23. The molecule has 0 aliphatic carbocycles. The number of benzene rings is 2. The predicted octanol–water partition coefficient (Wildman–Crippen LogP) is 4.00. The Labute approximate surface area is 167 Å². The number of hydrogen-bond donors (Lipinski definition) is 1. The number of nitrogens with one attached hydrogen (secondary N) is 1. The zero-order valence-electron chi connectivity index (χ0n) is 15.3. The Kier molecular flexibility index (Phi) is 5.25. The minimum absolute atomic E-state index is 0.139. The zero-order valence-corrected chi connectivity index (χ0v) is 16.1. The molecule has 2 aromatic carbocycles. The van der Waals surface area contributed by atoms with Crippen LogP contribution >= 0.6 is 11.8 Å². The lowest BCUT2D eigenvalue weighted by atomic mass is 10.1. The number of anilines is 1. The largest absolute Gasteiger partial charge is 0.329 e. The first-order valence-electron chi connectivity index (χ1n) is 8.81. The first-order chi connectivity index (χ1) is 13.7. The fourth-order valence-corrected chi connectivity index (χ4v) is 3.67. The third kappa shape index (κ3) is 3.99. The summed E-state index contributed by atoms with van der Waals surface area (Å²) in [6.45, 7) is 0. The average Bonchev–Trinajstić information content (AvgIpc) is 3.37. The third-order valence-corrected chi connectivity index (χ3v) is 5.34. The van der Waals surface area contributed by atoms with E-state index in [0.717, 1.165) is 21.3 Å². The van der Waals surface area contributed by atoms with Gasteiger partial charge in [0.2, 0.25) is 0 Å². The number of carbonyl (C=O) groups is 1. The van der Waals surface area contributed by atoms with Gasteiger partial charge in [0.15, 0.2) is 11.2 Å². The van der Waals surface area contributed by atoms with E-state index in [9.17, 15) is 4.79 Å². The van der Waals surface area contributed by atoms with Crippen LogP contribution in [0.25, 0.3) is 0 Å². The van der Waals surface area contributed by atoms with E-state index >= 15 is 0 Å². The first-order valence-corrected chi connectivity index (χ1v) is 9.62. The van der Waals surface area contributed by atoms with Crippen LogP contribution in [0.15, 0.2) is 95.5 Å². The van der Waals surface area contributed by atoms with Gasteiger partial charge in [-0.3, -0.25) is 9.48 Å². The average molecular weight is 389 g/mol. The van der Waals surface area contributed by atoms with Gasteiger partial charge in [0, 0.05) is 42.4 Å². The molecule has 1 atom stereocenters. The summed E-state index contributed by atoms with van der Waals surface area (Å²) >= 11 is 1.57. The minimum Gasteiger partial charge on any atom is -0.329 e. The van der Waals surface area contributed by atoms with Crippen molar-refractivity contribution in [1.29, 1.82) is 0 Å². The molecule has 0 saturated heterocycles. The Bertz CT molecular complexity index is 1040. The lowest BCUT2D eigenvalue weighted by Crippen LogP contribution is -2.27. The predicted molar refractivity (Wildman–Crippen MR) is 109 cm³/mol. The molecule has 7 heteroatoms. The van der Waals surface area contributed by atoms with E-state index in [1.807, 2.05) is 78.5 Å². The van der Waals surface area contributed by atoms with Gasteiger partial charge >= 0.3 is 0 Å². The monoisotopic (exact) mass is 389 g/mol. The van der Waals surface area contributed by atoms with Gasteiger partial charge in [-0.25, -0.2) is 4.98 Å². The van der Waals surface area contributed by atoms with E-state index in [4.69, 9.17) is 0 Å². The molecule has 140 valence electrons. The van der Waals surface area contributed by atoms with Gasteiger partial charge in [0.1, 0.15) is 0 Å². The molecule has 1 unspecified atom stereocenters. The van der Waals surface area contributed by atoms with Gasteiger partial charge in [0.25, 0.3) is 5.91 Å². The molecule has 28 heavy (non-hydrogen) atoms. The van der Waals surface area contributed by atoms with Crippen molar-refractivity contribution in [3.8, 4) is 0 Å². The molecule has 0 spiro atoms. The van der Waals surface area contributed by atoms with Gasteiger partial charge in [-0.2, -0.15) is 5.10 Å². The maximum absolute atomic E-state index is 13.0. The van der Waals surface area contributed by atoms with E-state index in [1.165, 1.54) is 0 Å². The maximum Gasteiger partial charge on any atom is 0.253 e. The molecule has 4 aromatic rings. The fraction of sp³-hybridized carbons (Fsp3) is 0.0952. The number of carbonyl (C=O) groups excluding carboxylic acids is 1. The molecular weight excluding hydrogens is 370 g/mol. The Morgan fingerprint density at radius 3 is 2.43 bits per heavy atom. The standard InChI is InChI=1S/C21H19N5OS/c1-25-15-13-22-21(25)28-18-10-8-17(9-11-18)24-20(27)19(26-14-5-12-23-26)16-6-3-2-4-7-16/h2-15,19H,1H3,(H,24,27). The second-order valence-electron chi connectivity index (χ2n) is 6.24. The highest BCUT2D eigenvalue weighted by molar-refractivity contribution is 7.99. The normalized spacial score (nSPS) is 11.9. The molecule has 0 radical (unpaired) electrons. The summed E-state index contributed by atoms with van der Waals surface area (Å²) in [6, 6.07) is 18.6. The second-order valence-corrected chi connectivity index (χ2v) is 7.28. The molecule has 1 amide bonds. The number of aryl methyl sites for hydroxylation is 1. The first kappa shape index (κ1) is 18.1. The van der Waals surface area contributed by atoms with Crippen LogP contribution in [0, 0.1) is 0 Å². The number of hydrogen-bond acceptors (Lipinski definition) is 4. The third-order valence-electron chi connectivity index (χ3n) is 4.26. The fourth-order valence-electron chi connectivity index (χ4n) is 2.87. The van der Waals surface area contributed by atoms with Gasteiger partial charge < -0.3 is 9.88 Å². The smallest absolute Gasteiger partial charge is 0.253 e. The summed E-state index contributed by atoms with van der Waals surface area (Å²) in [5.74, 6) is -0.139. The van der Waals surface area contributed by atoms with Crippen LogP contribution in [0.3, 0.4) is 0 Å². The molecular formula is C21H19N5OS. The van der Waals surface area contributed by atoms with Crippen molar-refractivity contribution >= 4 is 23.4 Å². The number of aromatic nitrogens is 4. The Hall–Kier alpha value is -3.32. The molecule has 4 rings (SSSR count). The summed E-state index contributed by atoms with van der Waals surface area (Å²) in [4.78, 5) is 18.4. The minimum atomic E-state index is -0.530. The maximum atomic E-state index is 13.0. The lowest BCUT2D eigenvalue weighted by molar-refractivity contribution is -0.118. The van der Waals surface area contributed by atoms with Crippen LogP contribution in [0.1, 0.15) is 11.6 Å². The molecule has 1 N–H and O–H groups in total. The summed E-state index contributed by atoms with van der Waals surface area (Å²) in [5.41, 5.74) is 1.62. The van der Waals surface area contributed by atoms with Gasteiger partial charge in [0.05, 0.1) is 0 Å².